The molecule has 0 aromatic heterocycles. The van der Waals surface area contributed by atoms with Gasteiger partial charge < -0.3 is 4.79 Å². The Balaban J connectivity index is 5.20. The summed E-state index contributed by atoms with van der Waals surface area (Å²) in [6, 6.07) is 0. The Hall–Kier alpha value is -1.37. The van der Waals surface area contributed by atoms with Crippen LogP contribution in [0.3, 0.4) is 0 Å². The van der Waals surface area contributed by atoms with Gasteiger partial charge in [0.1, 0.15) is 6.29 Å². The number of hydrogen-bond donors (Lipinski definition) is 0. The number of rotatable bonds is 6. The SMILES string of the molecule is C=C/C=C(\C=C/C)C(C)(C=O)CC(=C)C. The van der Waals surface area contributed by atoms with Gasteiger partial charge in [-0.05, 0) is 32.8 Å². The van der Waals surface area contributed by atoms with Crippen molar-refractivity contribution in [3.63, 3.8) is 0 Å². The molecule has 0 aliphatic carbocycles. The van der Waals surface area contributed by atoms with Crippen LogP contribution in [0.2, 0.25) is 0 Å². The van der Waals surface area contributed by atoms with Crippen LogP contribution >= 0.6 is 0 Å². The van der Waals surface area contributed by atoms with Crippen molar-refractivity contribution in [1.82, 2.24) is 0 Å². The summed E-state index contributed by atoms with van der Waals surface area (Å²) in [6.45, 7) is 13.3. The molecule has 0 saturated carbocycles. The molecule has 0 fully saturated rings. The predicted octanol–water partition coefficient (Wildman–Crippen LogP) is 3.85. The highest BCUT2D eigenvalue weighted by molar-refractivity contribution is 5.67. The average Bonchev–Trinajstić information content (AvgIpc) is 2.16. The highest BCUT2D eigenvalue weighted by Gasteiger charge is 2.26. The Morgan fingerprint density at radius 2 is 2.07 bits per heavy atom. The smallest absolute Gasteiger partial charge is 0.130 e. The topological polar surface area (TPSA) is 17.1 Å². The number of carbonyl (C=O) groups is 1. The van der Waals surface area contributed by atoms with E-state index in [9.17, 15) is 4.79 Å². The molecule has 0 N–H and O–H groups in total. The standard InChI is InChI=1S/C14H20O/c1-6-8-13(9-7-2)14(5,11-15)10-12(3)4/h6-9,11H,1,3,10H2,2,4-5H3/b9-7-,13-8+. The van der Waals surface area contributed by atoms with Gasteiger partial charge in [0.05, 0.1) is 5.41 Å². The quantitative estimate of drug-likeness (QED) is 0.365. The lowest BCUT2D eigenvalue weighted by atomic mass is 9.78. The first-order chi connectivity index (χ1) is 7.00. The molecule has 0 heterocycles. The van der Waals surface area contributed by atoms with Crippen LogP contribution in [-0.4, -0.2) is 6.29 Å². The molecule has 15 heavy (non-hydrogen) atoms. The van der Waals surface area contributed by atoms with Crippen LogP contribution in [0.1, 0.15) is 27.2 Å². The summed E-state index contributed by atoms with van der Waals surface area (Å²) >= 11 is 0. The first-order valence-corrected chi connectivity index (χ1v) is 5.06. The fraction of sp³-hybridized carbons (Fsp3) is 0.357. The van der Waals surface area contributed by atoms with E-state index in [0.717, 1.165) is 17.4 Å². The molecule has 0 saturated heterocycles. The van der Waals surface area contributed by atoms with Crippen LogP contribution < -0.4 is 0 Å². The van der Waals surface area contributed by atoms with Gasteiger partial charge in [-0.3, -0.25) is 0 Å². The zero-order chi connectivity index (χ0) is 11.9. The van der Waals surface area contributed by atoms with Crippen molar-refractivity contribution in [2.24, 2.45) is 5.41 Å². The normalized spacial score (nSPS) is 16.1. The molecule has 1 nitrogen and oxygen atoms in total. The molecule has 1 unspecified atom stereocenters. The van der Waals surface area contributed by atoms with Crippen LogP contribution in [-0.2, 0) is 4.79 Å². The molecule has 0 radical (unpaired) electrons. The van der Waals surface area contributed by atoms with Crippen molar-refractivity contribution in [3.05, 3.63) is 48.6 Å². The van der Waals surface area contributed by atoms with Gasteiger partial charge in [0.2, 0.25) is 0 Å². The van der Waals surface area contributed by atoms with E-state index in [1.165, 1.54) is 0 Å². The Morgan fingerprint density at radius 3 is 2.40 bits per heavy atom. The van der Waals surface area contributed by atoms with Crippen LogP contribution in [0.4, 0.5) is 0 Å². The van der Waals surface area contributed by atoms with Gasteiger partial charge in [-0.2, -0.15) is 0 Å². The summed E-state index contributed by atoms with van der Waals surface area (Å²) < 4.78 is 0. The van der Waals surface area contributed by atoms with Crippen molar-refractivity contribution in [2.45, 2.75) is 27.2 Å². The van der Waals surface area contributed by atoms with Crippen LogP contribution in [0, 0.1) is 5.41 Å². The molecule has 82 valence electrons. The monoisotopic (exact) mass is 204 g/mol. The maximum absolute atomic E-state index is 11.2. The van der Waals surface area contributed by atoms with Gasteiger partial charge in [0, 0.05) is 0 Å². The van der Waals surface area contributed by atoms with Gasteiger partial charge in [0.25, 0.3) is 0 Å². The zero-order valence-corrected chi connectivity index (χ0v) is 9.92. The lowest BCUT2D eigenvalue weighted by Gasteiger charge is -2.24. The van der Waals surface area contributed by atoms with Gasteiger partial charge in [-0.15, -0.1) is 6.58 Å². The molecule has 0 aliphatic heterocycles. The zero-order valence-electron chi connectivity index (χ0n) is 9.92. The minimum Gasteiger partial charge on any atom is -0.302 e. The number of allylic oxidation sites excluding steroid dienone is 6. The van der Waals surface area contributed by atoms with Gasteiger partial charge in [-0.1, -0.05) is 36.5 Å². The van der Waals surface area contributed by atoms with E-state index in [4.69, 9.17) is 0 Å². The van der Waals surface area contributed by atoms with E-state index in [1.54, 1.807) is 6.08 Å². The highest BCUT2D eigenvalue weighted by atomic mass is 16.1. The van der Waals surface area contributed by atoms with Crippen molar-refractivity contribution in [1.29, 1.82) is 0 Å². The maximum Gasteiger partial charge on any atom is 0.130 e. The second-order valence-electron chi connectivity index (χ2n) is 4.03. The molecule has 0 amide bonds. The van der Waals surface area contributed by atoms with Crippen LogP contribution in [0.25, 0.3) is 0 Å². The molecular weight excluding hydrogens is 184 g/mol. The number of aldehydes is 1. The minimum atomic E-state index is -0.494. The molecule has 1 heteroatoms. The average molecular weight is 204 g/mol. The first kappa shape index (κ1) is 13.6. The molecule has 1 atom stereocenters. The van der Waals surface area contributed by atoms with E-state index in [1.807, 2.05) is 39.0 Å². The van der Waals surface area contributed by atoms with E-state index in [0.29, 0.717) is 6.42 Å². The third kappa shape index (κ3) is 4.11. The summed E-state index contributed by atoms with van der Waals surface area (Å²) in [5, 5.41) is 0. The van der Waals surface area contributed by atoms with Gasteiger partial charge in [-0.25, -0.2) is 0 Å². The van der Waals surface area contributed by atoms with E-state index >= 15 is 0 Å². The molecule has 0 rings (SSSR count). The highest BCUT2D eigenvalue weighted by Crippen LogP contribution is 2.32. The maximum atomic E-state index is 11.2. The van der Waals surface area contributed by atoms with E-state index < -0.39 is 5.41 Å². The van der Waals surface area contributed by atoms with Crippen molar-refractivity contribution in [3.8, 4) is 0 Å². The molecule has 0 aromatic rings. The largest absolute Gasteiger partial charge is 0.302 e. The van der Waals surface area contributed by atoms with Crippen molar-refractivity contribution >= 4 is 6.29 Å². The Labute approximate surface area is 92.9 Å². The Kier molecular flexibility index (Phi) is 5.61. The van der Waals surface area contributed by atoms with Crippen LogP contribution in [0.5, 0.6) is 0 Å². The second-order valence-corrected chi connectivity index (χ2v) is 4.03. The fourth-order valence-electron chi connectivity index (χ4n) is 1.58. The van der Waals surface area contributed by atoms with Gasteiger partial charge in [0.15, 0.2) is 0 Å². The van der Waals surface area contributed by atoms with E-state index in [2.05, 4.69) is 13.2 Å². The number of carbonyl (C=O) groups excluding carboxylic acids is 1. The molecule has 0 spiro atoms. The van der Waals surface area contributed by atoms with Crippen molar-refractivity contribution < 1.29 is 4.79 Å². The minimum absolute atomic E-state index is 0.494. The van der Waals surface area contributed by atoms with E-state index in [-0.39, 0.29) is 0 Å². The first-order valence-electron chi connectivity index (χ1n) is 5.06. The molecular formula is C14H20O. The lowest BCUT2D eigenvalue weighted by molar-refractivity contribution is -0.113. The van der Waals surface area contributed by atoms with Crippen molar-refractivity contribution in [2.75, 3.05) is 0 Å². The summed E-state index contributed by atoms with van der Waals surface area (Å²) in [7, 11) is 0. The van der Waals surface area contributed by atoms with Crippen LogP contribution in [0.15, 0.2) is 48.6 Å². The molecule has 0 aliphatic rings. The third-order valence-electron chi connectivity index (χ3n) is 2.23. The number of hydrogen-bond acceptors (Lipinski definition) is 1. The third-order valence-corrected chi connectivity index (χ3v) is 2.23. The second kappa shape index (κ2) is 6.18. The summed E-state index contributed by atoms with van der Waals surface area (Å²) in [6.07, 6.45) is 9.10. The lowest BCUT2D eigenvalue weighted by Crippen LogP contribution is -2.20. The molecule has 0 bridgehead atoms. The Morgan fingerprint density at radius 1 is 1.47 bits per heavy atom. The predicted molar refractivity (Wildman–Crippen MR) is 66.7 cm³/mol. The summed E-state index contributed by atoms with van der Waals surface area (Å²) in [5.74, 6) is 0. The summed E-state index contributed by atoms with van der Waals surface area (Å²) in [4.78, 5) is 11.2. The van der Waals surface area contributed by atoms with Gasteiger partial charge >= 0.3 is 0 Å². The fourth-order valence-corrected chi connectivity index (χ4v) is 1.58. The molecule has 0 aromatic carbocycles. The summed E-state index contributed by atoms with van der Waals surface area (Å²) in [5.41, 5.74) is 1.48. The Bertz CT molecular complexity index is 307.